The van der Waals surface area contributed by atoms with Crippen molar-refractivity contribution in [1.82, 2.24) is 4.90 Å². The molecule has 4 heteroatoms. The number of hydrogen-bond acceptors (Lipinski definition) is 3. The fraction of sp³-hybridized carbons (Fsp3) is 0.435. The van der Waals surface area contributed by atoms with E-state index in [-0.39, 0.29) is 17.9 Å². The maximum atomic E-state index is 13.3. The summed E-state index contributed by atoms with van der Waals surface area (Å²) in [5.74, 6) is 0.916. The maximum Gasteiger partial charge on any atom is 0.254 e. The zero-order valence-corrected chi connectivity index (χ0v) is 15.8. The van der Waals surface area contributed by atoms with Crippen LogP contribution in [0.25, 0.3) is 0 Å². The van der Waals surface area contributed by atoms with Crippen LogP contribution in [-0.4, -0.2) is 35.2 Å². The van der Waals surface area contributed by atoms with E-state index in [0.29, 0.717) is 18.5 Å². The third-order valence-electron chi connectivity index (χ3n) is 6.31. The molecule has 3 atom stereocenters. The molecule has 2 fully saturated rings. The van der Waals surface area contributed by atoms with E-state index in [4.69, 9.17) is 4.74 Å². The first-order chi connectivity index (χ1) is 13.1. The van der Waals surface area contributed by atoms with Gasteiger partial charge in [0.1, 0.15) is 5.75 Å². The smallest absolute Gasteiger partial charge is 0.254 e. The summed E-state index contributed by atoms with van der Waals surface area (Å²) in [5.41, 5.74) is 1.11. The Kier molecular flexibility index (Phi) is 4.92. The van der Waals surface area contributed by atoms with Gasteiger partial charge in [0.15, 0.2) is 0 Å². The summed E-state index contributed by atoms with van der Waals surface area (Å²) in [6.45, 7) is 0.581. The predicted molar refractivity (Wildman–Crippen MR) is 105 cm³/mol. The second kappa shape index (κ2) is 7.35. The van der Waals surface area contributed by atoms with E-state index in [1.807, 2.05) is 59.5 Å². The zero-order chi connectivity index (χ0) is 18.9. The molecule has 3 unspecified atom stereocenters. The van der Waals surface area contributed by atoms with Gasteiger partial charge in [0, 0.05) is 18.0 Å². The average molecular weight is 365 g/mol. The van der Waals surface area contributed by atoms with E-state index >= 15 is 0 Å². The number of hydrogen-bond donors (Lipinski definition) is 1. The standard InChI is InChI=1S/C23H27NO3/c1-27-19-12-10-17(11-13-19)21-20-9-5-6-14-23(20,26)15-16-24(21)22(25)18-7-3-2-4-8-18/h2-4,7-8,10-13,20-21,26H,5-6,9,14-16H2,1H3. The number of amides is 1. The van der Waals surface area contributed by atoms with Crippen molar-refractivity contribution in [3.8, 4) is 5.75 Å². The molecule has 1 saturated heterocycles. The second-order valence-corrected chi connectivity index (χ2v) is 7.79. The molecule has 0 aromatic heterocycles. The number of nitrogens with zero attached hydrogens (tertiary/aromatic N) is 1. The van der Waals surface area contributed by atoms with Gasteiger partial charge in [-0.15, -0.1) is 0 Å². The van der Waals surface area contributed by atoms with Crippen molar-refractivity contribution < 1.29 is 14.6 Å². The maximum absolute atomic E-state index is 13.3. The van der Waals surface area contributed by atoms with Gasteiger partial charge in [-0.2, -0.15) is 0 Å². The number of benzene rings is 2. The molecule has 0 spiro atoms. The van der Waals surface area contributed by atoms with Gasteiger partial charge in [0.05, 0.1) is 18.8 Å². The third-order valence-corrected chi connectivity index (χ3v) is 6.31. The normalized spacial score (nSPS) is 27.7. The molecule has 1 N–H and O–H groups in total. The molecule has 142 valence electrons. The molecule has 4 nitrogen and oxygen atoms in total. The van der Waals surface area contributed by atoms with E-state index in [0.717, 1.165) is 37.0 Å². The fourth-order valence-electron chi connectivity index (χ4n) is 4.87. The van der Waals surface area contributed by atoms with Crippen LogP contribution in [0.2, 0.25) is 0 Å². The van der Waals surface area contributed by atoms with Crippen LogP contribution in [0.5, 0.6) is 5.75 Å². The SMILES string of the molecule is COc1ccc(C2C3CCCCC3(O)CCN2C(=O)c2ccccc2)cc1. The molecule has 1 heterocycles. The Morgan fingerprint density at radius 1 is 1.07 bits per heavy atom. The van der Waals surface area contributed by atoms with Gasteiger partial charge in [-0.25, -0.2) is 0 Å². The van der Waals surface area contributed by atoms with Gasteiger partial charge in [-0.3, -0.25) is 4.79 Å². The second-order valence-electron chi connectivity index (χ2n) is 7.79. The molecule has 27 heavy (non-hydrogen) atoms. The number of carbonyl (C=O) groups excluding carboxylic acids is 1. The molecule has 1 aliphatic heterocycles. The quantitative estimate of drug-likeness (QED) is 0.887. The van der Waals surface area contributed by atoms with Crippen LogP contribution in [0.3, 0.4) is 0 Å². The van der Waals surface area contributed by atoms with Gasteiger partial charge >= 0.3 is 0 Å². The van der Waals surface area contributed by atoms with Crippen LogP contribution in [-0.2, 0) is 0 Å². The number of piperidine rings is 1. The molecule has 4 rings (SSSR count). The van der Waals surface area contributed by atoms with Crippen molar-refractivity contribution in [2.45, 2.75) is 43.7 Å². The summed E-state index contributed by atoms with van der Waals surface area (Å²) in [6, 6.07) is 17.3. The Morgan fingerprint density at radius 2 is 1.81 bits per heavy atom. The highest BCUT2D eigenvalue weighted by Crippen LogP contribution is 2.49. The van der Waals surface area contributed by atoms with Crippen LogP contribution in [0.15, 0.2) is 54.6 Å². The molecule has 2 aliphatic rings. The lowest BCUT2D eigenvalue weighted by molar-refractivity contribution is -0.115. The Balaban J connectivity index is 1.73. The van der Waals surface area contributed by atoms with Crippen molar-refractivity contribution in [2.24, 2.45) is 5.92 Å². The molecule has 0 bridgehead atoms. The summed E-state index contributed by atoms with van der Waals surface area (Å²) < 4.78 is 5.30. The Bertz CT molecular complexity index is 789. The minimum absolute atomic E-state index is 0.0454. The number of aliphatic hydroxyl groups is 1. The van der Waals surface area contributed by atoms with Crippen LogP contribution < -0.4 is 4.74 Å². The van der Waals surface area contributed by atoms with Crippen LogP contribution in [0.4, 0.5) is 0 Å². The van der Waals surface area contributed by atoms with Crippen molar-refractivity contribution in [3.63, 3.8) is 0 Å². The van der Waals surface area contributed by atoms with Crippen LogP contribution in [0.1, 0.15) is 54.1 Å². The zero-order valence-electron chi connectivity index (χ0n) is 15.8. The Labute approximate surface area is 160 Å². The summed E-state index contributed by atoms with van der Waals surface area (Å²) in [6.07, 6.45) is 4.61. The molecular weight excluding hydrogens is 338 g/mol. The van der Waals surface area contributed by atoms with E-state index in [2.05, 4.69) is 0 Å². The van der Waals surface area contributed by atoms with Crippen LogP contribution in [0, 0.1) is 5.92 Å². The first-order valence-corrected chi connectivity index (χ1v) is 9.85. The van der Waals surface area contributed by atoms with Crippen LogP contribution >= 0.6 is 0 Å². The first-order valence-electron chi connectivity index (χ1n) is 9.85. The number of carbonyl (C=O) groups is 1. The average Bonchev–Trinajstić information content (AvgIpc) is 2.73. The number of fused-ring (bicyclic) bond motifs is 1. The topological polar surface area (TPSA) is 49.8 Å². The van der Waals surface area contributed by atoms with Crippen molar-refractivity contribution in [2.75, 3.05) is 13.7 Å². The highest BCUT2D eigenvalue weighted by Gasteiger charge is 2.50. The van der Waals surface area contributed by atoms with Crippen molar-refractivity contribution in [3.05, 3.63) is 65.7 Å². The minimum atomic E-state index is -0.670. The summed E-state index contributed by atoms with van der Waals surface area (Å²) >= 11 is 0. The van der Waals surface area contributed by atoms with Gasteiger partial charge < -0.3 is 14.7 Å². The molecule has 2 aromatic carbocycles. The minimum Gasteiger partial charge on any atom is -0.497 e. The lowest BCUT2D eigenvalue weighted by Gasteiger charge is -2.52. The highest BCUT2D eigenvalue weighted by atomic mass is 16.5. The molecular formula is C23H27NO3. The molecule has 2 aromatic rings. The number of rotatable bonds is 3. The molecule has 0 radical (unpaired) electrons. The predicted octanol–water partition coefficient (Wildman–Crippen LogP) is 4.20. The Morgan fingerprint density at radius 3 is 2.52 bits per heavy atom. The highest BCUT2D eigenvalue weighted by molar-refractivity contribution is 5.94. The van der Waals surface area contributed by atoms with Gasteiger partial charge in [0.2, 0.25) is 0 Å². The molecule has 1 saturated carbocycles. The largest absolute Gasteiger partial charge is 0.497 e. The monoisotopic (exact) mass is 365 g/mol. The number of likely N-dealkylation sites (tertiary alicyclic amines) is 1. The van der Waals surface area contributed by atoms with E-state index < -0.39 is 5.60 Å². The lowest BCUT2D eigenvalue weighted by Crippen LogP contribution is -2.56. The van der Waals surface area contributed by atoms with Crippen molar-refractivity contribution in [1.29, 1.82) is 0 Å². The fourth-order valence-corrected chi connectivity index (χ4v) is 4.87. The van der Waals surface area contributed by atoms with Crippen molar-refractivity contribution >= 4 is 5.91 Å². The van der Waals surface area contributed by atoms with Gasteiger partial charge in [-0.05, 0) is 49.1 Å². The van der Waals surface area contributed by atoms with Gasteiger partial charge in [-0.1, -0.05) is 43.2 Å². The molecule has 1 amide bonds. The number of ether oxygens (including phenoxy) is 1. The van der Waals surface area contributed by atoms with Gasteiger partial charge in [0.25, 0.3) is 5.91 Å². The lowest BCUT2D eigenvalue weighted by atomic mass is 9.66. The summed E-state index contributed by atoms with van der Waals surface area (Å²) in [4.78, 5) is 15.3. The third kappa shape index (κ3) is 3.34. The van der Waals surface area contributed by atoms with E-state index in [1.54, 1.807) is 7.11 Å². The number of methoxy groups -OCH3 is 1. The molecule has 1 aliphatic carbocycles. The summed E-state index contributed by atoms with van der Waals surface area (Å²) in [5, 5.41) is 11.3. The Hall–Kier alpha value is -2.33. The summed E-state index contributed by atoms with van der Waals surface area (Å²) in [7, 11) is 1.65. The first kappa shape index (κ1) is 18.1. The van der Waals surface area contributed by atoms with E-state index in [1.165, 1.54) is 0 Å². The van der Waals surface area contributed by atoms with E-state index in [9.17, 15) is 9.90 Å².